The predicted molar refractivity (Wildman–Crippen MR) is 80.3 cm³/mol. The number of hydrogen-bond donors (Lipinski definition) is 2. The van der Waals surface area contributed by atoms with Crippen molar-refractivity contribution in [3.63, 3.8) is 0 Å². The number of rotatable bonds is 9. The van der Waals surface area contributed by atoms with E-state index in [4.69, 9.17) is 0 Å². The molecule has 0 saturated carbocycles. The van der Waals surface area contributed by atoms with Crippen LogP contribution in [0.4, 0.5) is 0 Å². The second-order valence-electron chi connectivity index (χ2n) is 5.61. The highest BCUT2D eigenvalue weighted by Gasteiger charge is 2.19. The van der Waals surface area contributed by atoms with Crippen molar-refractivity contribution in [2.75, 3.05) is 26.2 Å². The van der Waals surface area contributed by atoms with Gasteiger partial charge in [0.05, 0.1) is 6.54 Å². The Kier molecular flexibility index (Phi) is 8.07. The average Bonchev–Trinajstić information content (AvgIpc) is 2.89. The molecule has 1 amide bonds. The Bertz CT molecular complexity index is 248. The van der Waals surface area contributed by atoms with Gasteiger partial charge in [0.15, 0.2) is 0 Å². The summed E-state index contributed by atoms with van der Waals surface area (Å²) < 4.78 is 0. The molecule has 4 nitrogen and oxygen atoms in total. The molecule has 4 heteroatoms. The lowest BCUT2D eigenvalue weighted by atomic mass is 10.1. The Morgan fingerprint density at radius 2 is 2.11 bits per heavy atom. The number of nitrogens with one attached hydrogen (secondary N) is 2. The SMILES string of the molecule is CCCN(CC(=O)NC(CC)CC)CC1CCCN1. The van der Waals surface area contributed by atoms with Crippen molar-refractivity contribution in [1.82, 2.24) is 15.5 Å². The summed E-state index contributed by atoms with van der Waals surface area (Å²) in [5.74, 6) is 0.181. The smallest absolute Gasteiger partial charge is 0.234 e. The van der Waals surface area contributed by atoms with Gasteiger partial charge in [-0.2, -0.15) is 0 Å². The van der Waals surface area contributed by atoms with Gasteiger partial charge in [-0.15, -0.1) is 0 Å². The number of carbonyl (C=O) groups is 1. The topological polar surface area (TPSA) is 44.4 Å². The monoisotopic (exact) mass is 269 g/mol. The molecule has 0 aromatic rings. The van der Waals surface area contributed by atoms with Crippen molar-refractivity contribution in [3.8, 4) is 0 Å². The maximum absolute atomic E-state index is 12.1. The van der Waals surface area contributed by atoms with E-state index in [0.717, 1.165) is 38.9 Å². The minimum Gasteiger partial charge on any atom is -0.352 e. The lowest BCUT2D eigenvalue weighted by Crippen LogP contribution is -2.45. The normalized spacial score (nSPS) is 19.3. The molecule has 1 fully saturated rings. The standard InChI is InChI=1S/C15H31N3O/c1-4-10-18(11-14-8-7-9-16-14)12-15(19)17-13(5-2)6-3/h13-14,16H,4-12H2,1-3H3,(H,17,19). The van der Waals surface area contributed by atoms with Crippen molar-refractivity contribution in [1.29, 1.82) is 0 Å². The van der Waals surface area contributed by atoms with Crippen LogP contribution < -0.4 is 10.6 Å². The Labute approximate surface area is 118 Å². The summed E-state index contributed by atoms with van der Waals surface area (Å²) in [5.41, 5.74) is 0. The van der Waals surface area contributed by atoms with Crippen LogP contribution in [0, 0.1) is 0 Å². The van der Waals surface area contributed by atoms with Gasteiger partial charge in [-0.25, -0.2) is 0 Å². The number of carbonyl (C=O) groups excluding carboxylic acids is 1. The summed E-state index contributed by atoms with van der Waals surface area (Å²) in [6.07, 6.45) is 5.64. The molecule has 0 aromatic heterocycles. The summed E-state index contributed by atoms with van der Waals surface area (Å²) in [4.78, 5) is 14.3. The number of nitrogens with zero attached hydrogens (tertiary/aromatic N) is 1. The van der Waals surface area contributed by atoms with Crippen molar-refractivity contribution in [3.05, 3.63) is 0 Å². The highest BCUT2D eigenvalue weighted by molar-refractivity contribution is 5.78. The number of amides is 1. The zero-order chi connectivity index (χ0) is 14.1. The van der Waals surface area contributed by atoms with Gasteiger partial charge in [0.2, 0.25) is 5.91 Å². The van der Waals surface area contributed by atoms with Crippen LogP contribution in [0.15, 0.2) is 0 Å². The number of hydrogen-bond acceptors (Lipinski definition) is 3. The van der Waals surface area contributed by atoms with E-state index in [1.54, 1.807) is 0 Å². The highest BCUT2D eigenvalue weighted by atomic mass is 16.2. The van der Waals surface area contributed by atoms with Crippen LogP contribution in [-0.2, 0) is 4.79 Å². The minimum atomic E-state index is 0.181. The lowest BCUT2D eigenvalue weighted by Gasteiger charge is -2.25. The Hall–Kier alpha value is -0.610. The summed E-state index contributed by atoms with van der Waals surface area (Å²) >= 11 is 0. The fraction of sp³-hybridized carbons (Fsp3) is 0.933. The molecule has 1 aliphatic heterocycles. The largest absolute Gasteiger partial charge is 0.352 e. The third-order valence-electron chi connectivity index (χ3n) is 3.90. The van der Waals surface area contributed by atoms with Gasteiger partial charge in [-0.05, 0) is 45.2 Å². The van der Waals surface area contributed by atoms with Gasteiger partial charge >= 0.3 is 0 Å². The zero-order valence-corrected chi connectivity index (χ0v) is 12.9. The van der Waals surface area contributed by atoms with Crippen molar-refractivity contribution in [2.45, 2.75) is 65.0 Å². The van der Waals surface area contributed by atoms with Crippen LogP contribution in [0.5, 0.6) is 0 Å². The summed E-state index contributed by atoms with van der Waals surface area (Å²) in [5, 5.41) is 6.64. The molecule has 0 aromatic carbocycles. The molecule has 19 heavy (non-hydrogen) atoms. The molecule has 112 valence electrons. The van der Waals surface area contributed by atoms with Crippen molar-refractivity contribution < 1.29 is 4.79 Å². The Balaban J connectivity index is 2.36. The van der Waals surface area contributed by atoms with E-state index in [9.17, 15) is 4.79 Å². The second-order valence-corrected chi connectivity index (χ2v) is 5.61. The molecule has 1 saturated heterocycles. The van der Waals surface area contributed by atoms with E-state index in [0.29, 0.717) is 18.6 Å². The molecule has 2 N–H and O–H groups in total. The second kappa shape index (κ2) is 9.32. The van der Waals surface area contributed by atoms with E-state index in [2.05, 4.69) is 36.3 Å². The Morgan fingerprint density at radius 3 is 2.63 bits per heavy atom. The molecule has 1 aliphatic rings. The van der Waals surface area contributed by atoms with Gasteiger partial charge in [-0.1, -0.05) is 20.8 Å². The van der Waals surface area contributed by atoms with E-state index < -0.39 is 0 Å². The van der Waals surface area contributed by atoms with Crippen LogP contribution in [0.2, 0.25) is 0 Å². The molecular weight excluding hydrogens is 238 g/mol. The van der Waals surface area contributed by atoms with Crippen LogP contribution in [0.3, 0.4) is 0 Å². The summed E-state index contributed by atoms with van der Waals surface area (Å²) in [6.45, 7) is 10.1. The molecule has 0 spiro atoms. The van der Waals surface area contributed by atoms with E-state index >= 15 is 0 Å². The predicted octanol–water partition coefficient (Wildman–Crippen LogP) is 1.76. The van der Waals surface area contributed by atoms with Crippen LogP contribution in [0.25, 0.3) is 0 Å². The average molecular weight is 269 g/mol. The van der Waals surface area contributed by atoms with E-state index in [1.807, 2.05) is 0 Å². The third kappa shape index (κ3) is 6.39. The van der Waals surface area contributed by atoms with Gasteiger partial charge in [-0.3, -0.25) is 9.69 Å². The fourth-order valence-electron chi connectivity index (χ4n) is 2.74. The first-order valence-electron chi connectivity index (χ1n) is 7.94. The van der Waals surface area contributed by atoms with Crippen molar-refractivity contribution in [2.24, 2.45) is 0 Å². The summed E-state index contributed by atoms with van der Waals surface area (Å²) in [7, 11) is 0. The zero-order valence-electron chi connectivity index (χ0n) is 12.9. The summed E-state index contributed by atoms with van der Waals surface area (Å²) in [6, 6.07) is 0.910. The molecule has 0 aliphatic carbocycles. The third-order valence-corrected chi connectivity index (χ3v) is 3.90. The molecule has 1 heterocycles. The first kappa shape index (κ1) is 16.4. The molecule has 1 rings (SSSR count). The van der Waals surface area contributed by atoms with Crippen LogP contribution in [-0.4, -0.2) is 49.1 Å². The molecular formula is C15H31N3O. The molecule has 1 unspecified atom stereocenters. The minimum absolute atomic E-state index is 0.181. The fourth-order valence-corrected chi connectivity index (χ4v) is 2.74. The van der Waals surface area contributed by atoms with Crippen LogP contribution >= 0.6 is 0 Å². The van der Waals surface area contributed by atoms with E-state index in [1.165, 1.54) is 12.8 Å². The lowest BCUT2D eigenvalue weighted by molar-refractivity contribution is -0.123. The van der Waals surface area contributed by atoms with Gasteiger partial charge < -0.3 is 10.6 Å². The first-order valence-corrected chi connectivity index (χ1v) is 7.94. The highest BCUT2D eigenvalue weighted by Crippen LogP contribution is 2.07. The van der Waals surface area contributed by atoms with Gasteiger partial charge in [0.1, 0.15) is 0 Å². The Morgan fingerprint density at radius 1 is 1.37 bits per heavy atom. The molecule has 0 radical (unpaired) electrons. The van der Waals surface area contributed by atoms with Crippen LogP contribution in [0.1, 0.15) is 52.9 Å². The van der Waals surface area contributed by atoms with Gasteiger partial charge in [0.25, 0.3) is 0 Å². The maximum atomic E-state index is 12.1. The molecule has 0 bridgehead atoms. The van der Waals surface area contributed by atoms with Crippen molar-refractivity contribution >= 4 is 5.91 Å². The quantitative estimate of drug-likeness (QED) is 0.670. The molecule has 1 atom stereocenters. The first-order chi connectivity index (χ1) is 9.19. The van der Waals surface area contributed by atoms with E-state index in [-0.39, 0.29) is 5.91 Å². The maximum Gasteiger partial charge on any atom is 0.234 e. The van der Waals surface area contributed by atoms with Gasteiger partial charge in [0, 0.05) is 18.6 Å².